The summed E-state index contributed by atoms with van der Waals surface area (Å²) >= 11 is 0. The number of piperazine rings is 1. The first-order valence-corrected chi connectivity index (χ1v) is 10.4. The van der Waals surface area contributed by atoms with Crippen molar-refractivity contribution in [2.24, 2.45) is 0 Å². The topological polar surface area (TPSA) is 42.8 Å². The van der Waals surface area contributed by atoms with E-state index >= 15 is 0 Å². The fourth-order valence-electron chi connectivity index (χ4n) is 4.31. The average Bonchev–Trinajstić information content (AvgIpc) is 2.76. The maximum absolute atomic E-state index is 13.0. The van der Waals surface area contributed by atoms with Crippen molar-refractivity contribution in [3.05, 3.63) is 66.1 Å². The van der Waals surface area contributed by atoms with Gasteiger partial charge in [-0.05, 0) is 36.2 Å². The van der Waals surface area contributed by atoms with Gasteiger partial charge in [-0.1, -0.05) is 30.4 Å². The Balaban J connectivity index is 1.23. The summed E-state index contributed by atoms with van der Waals surface area (Å²) in [5.41, 5.74) is 0.993. The maximum Gasteiger partial charge on any atom is 0.128 e. The third-order valence-corrected chi connectivity index (χ3v) is 5.93. The molecule has 2 aliphatic rings. The number of likely N-dealkylation sites (tertiary alicyclic amines) is 1. The summed E-state index contributed by atoms with van der Waals surface area (Å²) in [5.74, 6) is 0.823. The highest BCUT2D eigenvalue weighted by Gasteiger charge is 2.33. The molecule has 1 aromatic carbocycles. The average molecular weight is 397 g/mol. The highest BCUT2D eigenvalue weighted by molar-refractivity contribution is 5.49. The minimum atomic E-state index is -0.329. The lowest BCUT2D eigenvalue weighted by molar-refractivity contribution is -0.0116. The van der Waals surface area contributed by atoms with Gasteiger partial charge in [0, 0.05) is 58.1 Å². The van der Waals surface area contributed by atoms with Crippen LogP contribution in [0.4, 0.5) is 10.2 Å². The van der Waals surface area contributed by atoms with Gasteiger partial charge in [-0.3, -0.25) is 9.80 Å². The number of β-amino-alcohol motifs (C(OH)–C–C–N with tert-alkyl or cyclic N) is 1. The highest BCUT2D eigenvalue weighted by Crippen LogP contribution is 2.21. The third-order valence-electron chi connectivity index (χ3n) is 5.93. The van der Waals surface area contributed by atoms with Gasteiger partial charge in [0.1, 0.15) is 11.6 Å². The molecule has 0 unspecified atom stereocenters. The molecule has 0 spiro atoms. The number of hydrogen-bond acceptors (Lipinski definition) is 5. The number of rotatable bonds is 5. The number of nitrogens with zero attached hydrogens (tertiary/aromatic N) is 4. The molecule has 4 rings (SSSR count). The van der Waals surface area contributed by atoms with Gasteiger partial charge in [-0.15, -0.1) is 0 Å². The summed E-state index contributed by atoms with van der Waals surface area (Å²) in [5, 5.41) is 10.7. The van der Waals surface area contributed by atoms with E-state index in [4.69, 9.17) is 0 Å². The van der Waals surface area contributed by atoms with Crippen LogP contribution < -0.4 is 4.90 Å². The number of aliphatic hydroxyl groups excluding tert-OH is 1. The standard InChI is InChI=1S/C23H29FN4O/c24-20-8-6-19(7-9-20)4-3-12-26-13-10-21(22(29)18-26)27-14-16-28(17-15-27)23-5-1-2-11-25-23/h1-9,11,21-22,29H,10,12-18H2/b4-3+/t21-,22-/m1/s1. The number of pyridine rings is 1. The van der Waals surface area contributed by atoms with Crippen molar-refractivity contribution in [2.75, 3.05) is 50.7 Å². The fourth-order valence-corrected chi connectivity index (χ4v) is 4.31. The smallest absolute Gasteiger partial charge is 0.128 e. The highest BCUT2D eigenvalue weighted by atomic mass is 19.1. The number of hydrogen-bond donors (Lipinski definition) is 1. The van der Waals surface area contributed by atoms with E-state index in [-0.39, 0.29) is 18.0 Å². The molecule has 1 N–H and O–H groups in total. The largest absolute Gasteiger partial charge is 0.390 e. The lowest BCUT2D eigenvalue weighted by Crippen LogP contribution is -2.58. The van der Waals surface area contributed by atoms with Crippen LogP contribution in [0.15, 0.2) is 54.7 Å². The minimum Gasteiger partial charge on any atom is -0.390 e. The Bertz CT molecular complexity index is 790. The van der Waals surface area contributed by atoms with Gasteiger partial charge in [-0.2, -0.15) is 0 Å². The molecule has 0 bridgehead atoms. The van der Waals surface area contributed by atoms with E-state index in [2.05, 4.69) is 31.8 Å². The van der Waals surface area contributed by atoms with Crippen LogP contribution in [-0.4, -0.2) is 77.8 Å². The molecule has 6 heteroatoms. The van der Waals surface area contributed by atoms with Crippen LogP contribution >= 0.6 is 0 Å². The van der Waals surface area contributed by atoms with Crippen molar-refractivity contribution in [1.29, 1.82) is 0 Å². The van der Waals surface area contributed by atoms with Crippen LogP contribution in [-0.2, 0) is 0 Å². The number of halogens is 1. The summed E-state index contributed by atoms with van der Waals surface area (Å²) < 4.78 is 13.0. The second kappa shape index (κ2) is 9.48. The summed E-state index contributed by atoms with van der Waals surface area (Å²) in [4.78, 5) is 11.5. The first-order valence-electron chi connectivity index (χ1n) is 10.4. The van der Waals surface area contributed by atoms with Crippen molar-refractivity contribution in [3.63, 3.8) is 0 Å². The molecule has 2 aromatic rings. The molecule has 5 nitrogen and oxygen atoms in total. The number of piperidine rings is 1. The van der Waals surface area contributed by atoms with Gasteiger partial charge in [0.05, 0.1) is 6.10 Å². The Hall–Kier alpha value is -2.28. The van der Waals surface area contributed by atoms with Crippen molar-refractivity contribution in [3.8, 4) is 0 Å². The molecule has 3 heterocycles. The van der Waals surface area contributed by atoms with Crippen LogP contribution in [0, 0.1) is 5.82 Å². The van der Waals surface area contributed by atoms with E-state index in [9.17, 15) is 9.50 Å². The van der Waals surface area contributed by atoms with E-state index in [0.717, 1.165) is 57.1 Å². The lowest BCUT2D eigenvalue weighted by atomic mass is 9.99. The zero-order valence-electron chi connectivity index (χ0n) is 16.7. The van der Waals surface area contributed by atoms with Gasteiger partial charge in [0.15, 0.2) is 0 Å². The Morgan fingerprint density at radius 1 is 1.03 bits per heavy atom. The predicted octanol–water partition coefficient (Wildman–Crippen LogP) is 2.49. The molecule has 2 atom stereocenters. The van der Waals surface area contributed by atoms with Crippen molar-refractivity contribution < 1.29 is 9.50 Å². The van der Waals surface area contributed by atoms with E-state index in [1.165, 1.54) is 12.1 Å². The molecule has 29 heavy (non-hydrogen) atoms. The van der Waals surface area contributed by atoms with Gasteiger partial charge >= 0.3 is 0 Å². The van der Waals surface area contributed by atoms with Crippen LogP contribution in [0.1, 0.15) is 12.0 Å². The molecule has 2 saturated heterocycles. The van der Waals surface area contributed by atoms with E-state index < -0.39 is 0 Å². The number of aromatic nitrogens is 1. The molecule has 2 aliphatic heterocycles. The molecule has 0 aliphatic carbocycles. The quantitative estimate of drug-likeness (QED) is 0.841. The van der Waals surface area contributed by atoms with E-state index in [1.807, 2.05) is 24.4 Å². The molecule has 154 valence electrons. The second-order valence-corrected chi connectivity index (χ2v) is 7.85. The molecule has 0 saturated carbocycles. The van der Waals surface area contributed by atoms with Gasteiger partial charge in [0.2, 0.25) is 0 Å². The van der Waals surface area contributed by atoms with Crippen LogP contribution in [0.25, 0.3) is 6.08 Å². The summed E-state index contributed by atoms with van der Waals surface area (Å²) in [6.45, 7) is 6.30. The number of anilines is 1. The SMILES string of the molecule is O[C@@H]1CN(C/C=C/c2ccc(F)cc2)CC[C@H]1N1CCN(c2ccccn2)CC1. The maximum atomic E-state index is 13.0. The van der Waals surface area contributed by atoms with Gasteiger partial charge < -0.3 is 10.0 Å². The second-order valence-electron chi connectivity index (χ2n) is 7.85. The lowest BCUT2D eigenvalue weighted by Gasteiger charge is -2.45. The normalized spacial score (nSPS) is 24.3. The monoisotopic (exact) mass is 396 g/mol. The number of aliphatic hydroxyl groups is 1. The van der Waals surface area contributed by atoms with Crippen LogP contribution in [0.2, 0.25) is 0 Å². The molecule has 2 fully saturated rings. The minimum absolute atomic E-state index is 0.215. The van der Waals surface area contributed by atoms with Gasteiger partial charge in [0.25, 0.3) is 0 Å². The Morgan fingerprint density at radius 3 is 2.52 bits per heavy atom. The molecule has 1 aromatic heterocycles. The summed E-state index contributed by atoms with van der Waals surface area (Å²) in [7, 11) is 0. The Morgan fingerprint density at radius 2 is 1.83 bits per heavy atom. The van der Waals surface area contributed by atoms with Crippen LogP contribution in [0.5, 0.6) is 0 Å². The molecular formula is C23H29FN4O. The van der Waals surface area contributed by atoms with Gasteiger partial charge in [-0.25, -0.2) is 9.37 Å². The summed E-state index contributed by atoms with van der Waals surface area (Å²) in [6.07, 6.45) is 6.59. The third kappa shape index (κ3) is 5.21. The Labute approximate surface area is 172 Å². The molecule has 0 amide bonds. The van der Waals surface area contributed by atoms with Crippen molar-refractivity contribution in [1.82, 2.24) is 14.8 Å². The zero-order valence-corrected chi connectivity index (χ0v) is 16.7. The first-order chi connectivity index (χ1) is 14.2. The first kappa shape index (κ1) is 20.0. The summed E-state index contributed by atoms with van der Waals surface area (Å²) in [6, 6.07) is 12.8. The molecule has 0 radical (unpaired) electrons. The zero-order chi connectivity index (χ0) is 20.1. The number of benzene rings is 1. The van der Waals surface area contributed by atoms with Crippen LogP contribution in [0.3, 0.4) is 0 Å². The van der Waals surface area contributed by atoms with E-state index in [1.54, 1.807) is 12.1 Å². The van der Waals surface area contributed by atoms with Crippen molar-refractivity contribution in [2.45, 2.75) is 18.6 Å². The fraction of sp³-hybridized carbons (Fsp3) is 0.435. The Kier molecular flexibility index (Phi) is 6.54. The predicted molar refractivity (Wildman–Crippen MR) is 114 cm³/mol. The molecular weight excluding hydrogens is 367 g/mol. The van der Waals surface area contributed by atoms with E-state index in [0.29, 0.717) is 6.54 Å². The van der Waals surface area contributed by atoms with Crippen molar-refractivity contribution >= 4 is 11.9 Å².